The molecule has 0 aliphatic heterocycles. The Bertz CT molecular complexity index is 542. The summed E-state index contributed by atoms with van der Waals surface area (Å²) in [5.41, 5.74) is 1.82. The molecule has 1 aromatic heterocycles. The van der Waals surface area contributed by atoms with E-state index in [-0.39, 0.29) is 0 Å². The molecule has 0 saturated heterocycles. The van der Waals surface area contributed by atoms with Gasteiger partial charge in [-0.2, -0.15) is 5.10 Å². The third kappa shape index (κ3) is 4.08. The van der Waals surface area contributed by atoms with Crippen molar-refractivity contribution in [1.82, 2.24) is 9.78 Å². The van der Waals surface area contributed by atoms with Crippen molar-refractivity contribution in [3.63, 3.8) is 0 Å². The Kier molecular flexibility index (Phi) is 5.39. The first-order chi connectivity index (χ1) is 10.1. The smallest absolute Gasteiger partial charge is 0.132 e. The highest BCUT2D eigenvalue weighted by Crippen LogP contribution is 2.19. The van der Waals surface area contributed by atoms with Crippen LogP contribution >= 0.6 is 0 Å². The fraction of sp³-hybridized carbons (Fsp3) is 0.471. The Morgan fingerprint density at radius 1 is 1.14 bits per heavy atom. The van der Waals surface area contributed by atoms with E-state index in [0.717, 1.165) is 29.8 Å². The van der Waals surface area contributed by atoms with Crippen molar-refractivity contribution in [3.8, 4) is 5.75 Å². The summed E-state index contributed by atoms with van der Waals surface area (Å²) >= 11 is 0. The zero-order chi connectivity index (χ0) is 15.2. The van der Waals surface area contributed by atoms with E-state index in [1.165, 1.54) is 0 Å². The fourth-order valence-corrected chi connectivity index (χ4v) is 2.32. The first-order valence-corrected chi connectivity index (χ1v) is 7.58. The van der Waals surface area contributed by atoms with E-state index >= 15 is 0 Å². The van der Waals surface area contributed by atoms with Gasteiger partial charge in [0.25, 0.3) is 0 Å². The number of aromatic nitrogens is 2. The number of hydrogen-bond acceptors (Lipinski definition) is 3. The van der Waals surface area contributed by atoms with Gasteiger partial charge in [-0.15, -0.1) is 0 Å². The molecule has 0 spiro atoms. The van der Waals surface area contributed by atoms with Crippen molar-refractivity contribution in [1.29, 1.82) is 0 Å². The lowest BCUT2D eigenvalue weighted by Crippen LogP contribution is -2.08. The van der Waals surface area contributed by atoms with E-state index in [4.69, 9.17) is 4.74 Å². The van der Waals surface area contributed by atoms with Gasteiger partial charge in [-0.05, 0) is 43.5 Å². The molecule has 114 valence electrons. The molecule has 21 heavy (non-hydrogen) atoms. The lowest BCUT2D eigenvalue weighted by atomic mass is 10.1. The van der Waals surface area contributed by atoms with Gasteiger partial charge in [0, 0.05) is 6.20 Å². The Balaban J connectivity index is 1.93. The largest absolute Gasteiger partial charge is 0.487 e. The quantitative estimate of drug-likeness (QED) is 0.841. The predicted molar refractivity (Wildman–Crippen MR) is 83.3 cm³/mol. The number of aliphatic hydroxyl groups excluding tert-OH is 1. The normalized spacial score (nSPS) is 12.6. The number of benzene rings is 1. The van der Waals surface area contributed by atoms with Crippen LogP contribution in [-0.4, -0.2) is 14.9 Å². The molecular formula is C17H24N2O2. The molecule has 0 fully saturated rings. The molecular weight excluding hydrogens is 264 g/mol. The maximum Gasteiger partial charge on any atom is 0.132 e. The lowest BCUT2D eigenvalue weighted by Gasteiger charge is -2.12. The molecule has 0 saturated carbocycles. The van der Waals surface area contributed by atoms with Gasteiger partial charge in [-0.3, -0.25) is 4.68 Å². The molecule has 2 aromatic rings. The number of ether oxygens (including phenoxy) is 1. The number of nitrogens with zero attached hydrogens (tertiary/aromatic N) is 2. The van der Waals surface area contributed by atoms with Gasteiger partial charge in [-0.1, -0.05) is 26.0 Å². The lowest BCUT2D eigenvalue weighted by molar-refractivity contribution is 0.199. The van der Waals surface area contributed by atoms with Gasteiger partial charge in [-0.25, -0.2) is 0 Å². The highest BCUT2D eigenvalue weighted by atomic mass is 16.5. The van der Waals surface area contributed by atoms with E-state index in [2.05, 4.69) is 18.9 Å². The minimum atomic E-state index is -0.449. The van der Waals surface area contributed by atoms with Crippen LogP contribution in [0.3, 0.4) is 0 Å². The molecule has 0 amide bonds. The zero-order valence-corrected chi connectivity index (χ0v) is 13.0. The van der Waals surface area contributed by atoms with Gasteiger partial charge < -0.3 is 9.84 Å². The molecule has 0 aliphatic carbocycles. The molecule has 4 nitrogen and oxygen atoms in total. The standard InChI is InChI=1S/C17H24N2O2/c1-4-16(5-2)19-11-10-15(18-19)12-21-17-8-6-14(7-9-17)13(3)20/h6-11,13,16,20H,4-5,12H2,1-3H3. The van der Waals surface area contributed by atoms with Gasteiger partial charge in [0.05, 0.1) is 17.8 Å². The highest BCUT2D eigenvalue weighted by Gasteiger charge is 2.08. The van der Waals surface area contributed by atoms with Crippen LogP contribution in [0.4, 0.5) is 0 Å². The second kappa shape index (κ2) is 7.27. The Morgan fingerprint density at radius 3 is 2.38 bits per heavy atom. The molecule has 0 aliphatic rings. The predicted octanol–water partition coefficient (Wildman–Crippen LogP) is 3.88. The average Bonchev–Trinajstić information content (AvgIpc) is 2.96. The van der Waals surface area contributed by atoms with Crippen molar-refractivity contribution < 1.29 is 9.84 Å². The minimum absolute atomic E-state index is 0.449. The Labute approximate surface area is 126 Å². The SMILES string of the molecule is CCC(CC)n1ccc(COc2ccc(C(C)O)cc2)n1. The third-order valence-electron chi connectivity index (χ3n) is 3.73. The monoisotopic (exact) mass is 288 g/mol. The summed E-state index contributed by atoms with van der Waals surface area (Å²) in [6, 6.07) is 9.97. The van der Waals surface area contributed by atoms with Crippen LogP contribution in [0.15, 0.2) is 36.5 Å². The van der Waals surface area contributed by atoms with E-state index in [0.29, 0.717) is 12.6 Å². The van der Waals surface area contributed by atoms with Crippen LogP contribution in [0.2, 0.25) is 0 Å². The van der Waals surface area contributed by atoms with Crippen LogP contribution in [0.1, 0.15) is 57.0 Å². The van der Waals surface area contributed by atoms with Crippen molar-refractivity contribution in [2.24, 2.45) is 0 Å². The van der Waals surface area contributed by atoms with Gasteiger partial charge in [0.1, 0.15) is 12.4 Å². The average molecular weight is 288 g/mol. The summed E-state index contributed by atoms with van der Waals surface area (Å²) < 4.78 is 7.75. The number of hydrogen-bond donors (Lipinski definition) is 1. The molecule has 0 radical (unpaired) electrons. The second-order valence-corrected chi connectivity index (χ2v) is 5.29. The van der Waals surface area contributed by atoms with Crippen LogP contribution in [0.25, 0.3) is 0 Å². The zero-order valence-electron chi connectivity index (χ0n) is 13.0. The van der Waals surface area contributed by atoms with Gasteiger partial charge >= 0.3 is 0 Å². The van der Waals surface area contributed by atoms with Crippen molar-refractivity contribution in [3.05, 3.63) is 47.8 Å². The Morgan fingerprint density at radius 2 is 1.81 bits per heavy atom. The molecule has 1 heterocycles. The van der Waals surface area contributed by atoms with Crippen LogP contribution in [0, 0.1) is 0 Å². The highest BCUT2D eigenvalue weighted by molar-refractivity contribution is 5.28. The van der Waals surface area contributed by atoms with Crippen LogP contribution in [-0.2, 0) is 6.61 Å². The van der Waals surface area contributed by atoms with Gasteiger partial charge in [0.15, 0.2) is 0 Å². The van der Waals surface area contributed by atoms with Crippen molar-refractivity contribution in [2.45, 2.75) is 52.4 Å². The van der Waals surface area contributed by atoms with E-state index in [9.17, 15) is 5.11 Å². The van der Waals surface area contributed by atoms with Crippen molar-refractivity contribution in [2.75, 3.05) is 0 Å². The second-order valence-electron chi connectivity index (χ2n) is 5.29. The van der Waals surface area contributed by atoms with E-state index in [1.54, 1.807) is 6.92 Å². The fourth-order valence-electron chi connectivity index (χ4n) is 2.32. The molecule has 1 unspecified atom stereocenters. The topological polar surface area (TPSA) is 47.3 Å². The number of aliphatic hydroxyl groups is 1. The molecule has 1 atom stereocenters. The van der Waals surface area contributed by atoms with Crippen LogP contribution in [0.5, 0.6) is 5.75 Å². The maximum absolute atomic E-state index is 9.47. The summed E-state index contributed by atoms with van der Waals surface area (Å²) in [5.74, 6) is 0.788. The van der Waals surface area contributed by atoms with Gasteiger partial charge in [0.2, 0.25) is 0 Å². The van der Waals surface area contributed by atoms with E-state index < -0.39 is 6.10 Å². The first kappa shape index (κ1) is 15.6. The first-order valence-electron chi connectivity index (χ1n) is 7.58. The summed E-state index contributed by atoms with van der Waals surface area (Å²) in [6.07, 6.45) is 3.74. The third-order valence-corrected chi connectivity index (χ3v) is 3.73. The molecule has 1 aromatic carbocycles. The van der Waals surface area contributed by atoms with Crippen LogP contribution < -0.4 is 4.74 Å². The van der Waals surface area contributed by atoms with Crippen molar-refractivity contribution >= 4 is 0 Å². The summed E-state index contributed by atoms with van der Waals surface area (Å²) in [6.45, 7) is 6.56. The summed E-state index contributed by atoms with van der Waals surface area (Å²) in [4.78, 5) is 0. The molecule has 2 rings (SSSR count). The molecule has 4 heteroatoms. The molecule has 1 N–H and O–H groups in total. The van der Waals surface area contributed by atoms with E-state index in [1.807, 2.05) is 41.2 Å². The molecule has 0 bridgehead atoms. The minimum Gasteiger partial charge on any atom is -0.487 e. The maximum atomic E-state index is 9.47. The summed E-state index contributed by atoms with van der Waals surface area (Å²) in [5, 5.41) is 14.0. The number of rotatable bonds is 7. The Hall–Kier alpha value is -1.81. The summed E-state index contributed by atoms with van der Waals surface area (Å²) in [7, 11) is 0.